The van der Waals surface area contributed by atoms with Gasteiger partial charge in [-0.1, -0.05) is 0 Å². The summed E-state index contributed by atoms with van der Waals surface area (Å²) in [5.41, 5.74) is 0.661. The Kier molecular flexibility index (Phi) is 4.09. The first kappa shape index (κ1) is 16.3. The molecule has 3 aliphatic heterocycles. The zero-order valence-corrected chi connectivity index (χ0v) is 14.2. The summed E-state index contributed by atoms with van der Waals surface area (Å²) in [7, 11) is 0. The van der Waals surface area contributed by atoms with E-state index in [4.69, 9.17) is 0 Å². The molecule has 2 saturated heterocycles. The molecular formula is C17H17N3O4S. The Morgan fingerprint density at radius 3 is 2.56 bits per heavy atom. The average molecular weight is 359 g/mol. The molecule has 8 heteroatoms. The Bertz CT molecular complexity index is 788. The summed E-state index contributed by atoms with van der Waals surface area (Å²) >= 11 is 1.69. The summed E-state index contributed by atoms with van der Waals surface area (Å²) in [6.45, 7) is 1.92. The Morgan fingerprint density at radius 2 is 1.84 bits per heavy atom. The second kappa shape index (κ2) is 6.27. The minimum absolute atomic E-state index is 0.125. The van der Waals surface area contributed by atoms with Gasteiger partial charge in [0.15, 0.2) is 0 Å². The number of carbonyl (C=O) groups excluding carboxylic acids is 4. The number of imide groups is 2. The highest BCUT2D eigenvalue weighted by Crippen LogP contribution is 2.33. The van der Waals surface area contributed by atoms with Crippen LogP contribution in [0.3, 0.4) is 0 Å². The fraction of sp³-hybridized carbons (Fsp3) is 0.412. The van der Waals surface area contributed by atoms with Gasteiger partial charge in [-0.3, -0.25) is 29.4 Å². The maximum atomic E-state index is 12.7. The van der Waals surface area contributed by atoms with Gasteiger partial charge in [-0.05, 0) is 37.6 Å². The third kappa shape index (κ3) is 2.85. The number of nitrogens with one attached hydrogen (secondary N) is 2. The zero-order chi connectivity index (χ0) is 17.6. The van der Waals surface area contributed by atoms with Crippen LogP contribution in [0.2, 0.25) is 0 Å². The molecule has 4 amide bonds. The third-order valence-electron chi connectivity index (χ3n) is 4.73. The van der Waals surface area contributed by atoms with Crippen LogP contribution in [-0.4, -0.2) is 52.9 Å². The van der Waals surface area contributed by atoms with Crippen molar-refractivity contribution >= 4 is 35.4 Å². The fourth-order valence-corrected chi connectivity index (χ4v) is 4.60. The second-order valence-electron chi connectivity index (χ2n) is 6.39. The Balaban J connectivity index is 1.58. The first-order valence-corrected chi connectivity index (χ1v) is 9.15. The monoisotopic (exact) mass is 359 g/mol. The molecule has 0 spiro atoms. The van der Waals surface area contributed by atoms with E-state index in [1.807, 2.05) is 6.07 Å². The smallest absolute Gasteiger partial charge is 0.262 e. The van der Waals surface area contributed by atoms with Gasteiger partial charge >= 0.3 is 0 Å². The highest BCUT2D eigenvalue weighted by atomic mass is 32.2. The molecule has 2 unspecified atom stereocenters. The van der Waals surface area contributed by atoms with Crippen LogP contribution in [-0.2, 0) is 9.59 Å². The molecule has 0 bridgehead atoms. The molecule has 25 heavy (non-hydrogen) atoms. The van der Waals surface area contributed by atoms with Gasteiger partial charge in [0.1, 0.15) is 6.04 Å². The molecular weight excluding hydrogens is 342 g/mol. The number of thioether (sulfide) groups is 1. The van der Waals surface area contributed by atoms with E-state index in [0.29, 0.717) is 16.4 Å². The largest absolute Gasteiger partial charge is 0.316 e. The number of amides is 4. The molecule has 2 fully saturated rings. The highest BCUT2D eigenvalue weighted by molar-refractivity contribution is 8.00. The first-order valence-electron chi connectivity index (χ1n) is 8.27. The molecule has 130 valence electrons. The number of benzene rings is 1. The number of fused-ring (bicyclic) bond motifs is 1. The van der Waals surface area contributed by atoms with E-state index in [1.54, 1.807) is 23.9 Å². The van der Waals surface area contributed by atoms with Crippen LogP contribution in [0.25, 0.3) is 0 Å². The van der Waals surface area contributed by atoms with E-state index < -0.39 is 23.8 Å². The van der Waals surface area contributed by atoms with Gasteiger partial charge in [0, 0.05) is 23.1 Å². The quantitative estimate of drug-likeness (QED) is 0.765. The molecule has 2 atom stereocenters. The third-order valence-corrected chi connectivity index (χ3v) is 5.99. The van der Waals surface area contributed by atoms with Crippen molar-refractivity contribution in [2.75, 3.05) is 13.1 Å². The summed E-state index contributed by atoms with van der Waals surface area (Å²) in [5.74, 6) is -1.88. The molecule has 0 radical (unpaired) electrons. The lowest BCUT2D eigenvalue weighted by Gasteiger charge is -2.27. The van der Waals surface area contributed by atoms with Gasteiger partial charge in [0.2, 0.25) is 11.8 Å². The van der Waals surface area contributed by atoms with Gasteiger partial charge in [-0.25, -0.2) is 0 Å². The van der Waals surface area contributed by atoms with E-state index in [0.717, 1.165) is 29.3 Å². The van der Waals surface area contributed by atoms with Crippen molar-refractivity contribution in [2.45, 2.75) is 35.4 Å². The molecule has 0 aliphatic carbocycles. The summed E-state index contributed by atoms with van der Waals surface area (Å²) in [6, 6.07) is 4.33. The van der Waals surface area contributed by atoms with E-state index in [2.05, 4.69) is 10.6 Å². The van der Waals surface area contributed by atoms with E-state index in [1.165, 1.54) is 0 Å². The van der Waals surface area contributed by atoms with Crippen molar-refractivity contribution in [3.63, 3.8) is 0 Å². The minimum Gasteiger partial charge on any atom is -0.316 e. The lowest BCUT2D eigenvalue weighted by atomic mass is 10.0. The van der Waals surface area contributed by atoms with Crippen LogP contribution in [0.15, 0.2) is 23.1 Å². The predicted molar refractivity (Wildman–Crippen MR) is 90.2 cm³/mol. The van der Waals surface area contributed by atoms with Crippen LogP contribution in [0, 0.1) is 0 Å². The second-order valence-corrected chi connectivity index (χ2v) is 7.76. The van der Waals surface area contributed by atoms with Crippen LogP contribution < -0.4 is 10.6 Å². The van der Waals surface area contributed by atoms with E-state index in [9.17, 15) is 19.2 Å². The van der Waals surface area contributed by atoms with Crippen molar-refractivity contribution in [3.05, 3.63) is 29.3 Å². The Morgan fingerprint density at radius 1 is 1.04 bits per heavy atom. The summed E-state index contributed by atoms with van der Waals surface area (Å²) in [5, 5.41) is 5.95. The number of rotatable bonds is 3. The molecule has 0 saturated carbocycles. The normalized spacial score (nSPS) is 26.2. The molecule has 4 rings (SSSR count). The summed E-state index contributed by atoms with van der Waals surface area (Å²) < 4.78 is 0. The zero-order valence-electron chi connectivity index (χ0n) is 13.4. The Labute approximate surface area is 148 Å². The van der Waals surface area contributed by atoms with Crippen LogP contribution in [0.5, 0.6) is 0 Å². The standard InChI is InChI=1S/C17H17N3O4S/c21-14-4-3-13(15(22)19-14)20-16(23)11-2-1-9(7-12(11)17(20)24)25-10-5-6-18-8-10/h1-2,7,10,13,18H,3-6,8H2,(H,19,21,22). The van der Waals surface area contributed by atoms with Crippen molar-refractivity contribution < 1.29 is 19.2 Å². The SMILES string of the molecule is O=C1CCC(N2C(=O)c3ccc(SC4CCNC4)cc3C2=O)C(=O)N1. The first-order chi connectivity index (χ1) is 12.0. The molecule has 2 N–H and O–H groups in total. The number of hydrogen-bond donors (Lipinski definition) is 2. The van der Waals surface area contributed by atoms with Gasteiger partial charge in [0.05, 0.1) is 11.1 Å². The van der Waals surface area contributed by atoms with Crippen molar-refractivity contribution in [1.82, 2.24) is 15.5 Å². The van der Waals surface area contributed by atoms with E-state index in [-0.39, 0.29) is 18.7 Å². The molecule has 3 aliphatic rings. The van der Waals surface area contributed by atoms with Gasteiger partial charge in [-0.2, -0.15) is 0 Å². The van der Waals surface area contributed by atoms with Gasteiger partial charge in [0.25, 0.3) is 11.8 Å². The maximum Gasteiger partial charge on any atom is 0.262 e. The lowest BCUT2D eigenvalue weighted by molar-refractivity contribution is -0.136. The average Bonchev–Trinajstić information content (AvgIpc) is 3.17. The fourth-order valence-electron chi connectivity index (χ4n) is 3.44. The van der Waals surface area contributed by atoms with Crippen LogP contribution >= 0.6 is 11.8 Å². The number of piperidine rings is 1. The maximum absolute atomic E-state index is 12.7. The van der Waals surface area contributed by atoms with Gasteiger partial charge in [-0.15, -0.1) is 11.8 Å². The van der Waals surface area contributed by atoms with Crippen LogP contribution in [0.1, 0.15) is 40.0 Å². The van der Waals surface area contributed by atoms with Gasteiger partial charge < -0.3 is 5.32 Å². The molecule has 1 aromatic rings. The van der Waals surface area contributed by atoms with Crippen molar-refractivity contribution in [3.8, 4) is 0 Å². The van der Waals surface area contributed by atoms with Crippen LogP contribution in [0.4, 0.5) is 0 Å². The lowest BCUT2D eigenvalue weighted by Crippen LogP contribution is -2.54. The van der Waals surface area contributed by atoms with E-state index >= 15 is 0 Å². The number of nitrogens with zero attached hydrogens (tertiary/aromatic N) is 1. The minimum atomic E-state index is -0.916. The Hall–Kier alpha value is -2.19. The predicted octanol–water partition coefficient (Wildman–Crippen LogP) is 0.542. The topological polar surface area (TPSA) is 95.6 Å². The molecule has 1 aromatic carbocycles. The highest BCUT2D eigenvalue weighted by Gasteiger charge is 2.44. The summed E-state index contributed by atoms with van der Waals surface area (Å²) in [6.07, 6.45) is 1.36. The summed E-state index contributed by atoms with van der Waals surface area (Å²) in [4.78, 5) is 50.6. The number of hydrogen-bond acceptors (Lipinski definition) is 6. The van der Waals surface area contributed by atoms with Crippen molar-refractivity contribution in [2.24, 2.45) is 0 Å². The number of carbonyl (C=O) groups is 4. The van der Waals surface area contributed by atoms with Crippen molar-refractivity contribution in [1.29, 1.82) is 0 Å². The molecule has 7 nitrogen and oxygen atoms in total. The molecule has 3 heterocycles. The molecule has 0 aromatic heterocycles.